The van der Waals surface area contributed by atoms with Gasteiger partial charge in [0.2, 0.25) is 5.82 Å². The van der Waals surface area contributed by atoms with E-state index in [0.717, 1.165) is 48.8 Å². The van der Waals surface area contributed by atoms with Crippen LogP contribution >= 0.6 is 15.9 Å². The monoisotopic (exact) mass is 722 g/mol. The summed E-state index contributed by atoms with van der Waals surface area (Å²) in [6, 6.07) is 44.7. The number of carboxylic acids is 1. The van der Waals surface area contributed by atoms with E-state index in [1.54, 1.807) is 4.80 Å². The van der Waals surface area contributed by atoms with Crippen LogP contribution in [0.25, 0.3) is 33.7 Å². The minimum Gasteiger partial charge on any atom is -0.477 e. The predicted molar refractivity (Wildman–Crippen MR) is 195 cm³/mol. The number of halogens is 1. The highest BCUT2D eigenvalue weighted by Gasteiger charge is 2.41. The molecule has 0 atom stereocenters. The average molecular weight is 724 g/mol. The van der Waals surface area contributed by atoms with Crippen LogP contribution in [0.3, 0.4) is 0 Å². The molecule has 0 radical (unpaired) electrons. The maximum atomic E-state index is 11.6. The summed E-state index contributed by atoms with van der Waals surface area (Å²) in [6.07, 6.45) is 0. The largest absolute Gasteiger partial charge is 0.477 e. The number of nitrogens with zero attached hydrogens (tertiary/aromatic N) is 5. The van der Waals surface area contributed by atoms with Gasteiger partial charge in [-0.3, -0.25) is 0 Å². The number of carboxylic acid groups (broad SMARTS) is 1. The third-order valence-corrected chi connectivity index (χ3v) is 10.1. The number of furan rings is 1. The number of aromatic nitrogens is 4. The van der Waals surface area contributed by atoms with Crippen molar-refractivity contribution in [2.45, 2.75) is 19.0 Å². The summed E-state index contributed by atoms with van der Waals surface area (Å²) in [5.74, 6) is 0.150. The molecule has 0 unspecified atom stereocenters. The van der Waals surface area contributed by atoms with Crippen molar-refractivity contribution < 1.29 is 14.3 Å². The van der Waals surface area contributed by atoms with E-state index in [0.29, 0.717) is 30.5 Å². The van der Waals surface area contributed by atoms with Crippen molar-refractivity contribution in [3.05, 3.63) is 172 Å². The zero-order chi connectivity index (χ0) is 34.2. The number of aliphatic carboxylic acids is 1. The molecule has 2 N–H and O–H groups in total. The van der Waals surface area contributed by atoms with Gasteiger partial charge in [-0.05, 0) is 62.5 Å². The van der Waals surface area contributed by atoms with Gasteiger partial charge in [0.25, 0.3) is 0 Å². The molecule has 8 rings (SSSR count). The Bertz CT molecular complexity index is 2270. The Morgan fingerprint density at radius 2 is 1.42 bits per heavy atom. The Kier molecular flexibility index (Phi) is 8.00. The number of carbonyl (C=O) groups is 1. The Balaban J connectivity index is 1.22. The molecule has 10 heteroatoms. The first kappa shape index (κ1) is 31.3. The molecular weight excluding hydrogens is 692 g/mol. The van der Waals surface area contributed by atoms with Gasteiger partial charge in [0.05, 0.1) is 11.1 Å². The zero-order valence-corrected chi connectivity index (χ0v) is 28.6. The maximum absolute atomic E-state index is 11.6. The van der Waals surface area contributed by atoms with Gasteiger partial charge in [-0.1, -0.05) is 121 Å². The summed E-state index contributed by atoms with van der Waals surface area (Å²) in [5.41, 5.74) is 6.36. The predicted octanol–water partition coefficient (Wildman–Crippen LogP) is 8.03. The SMILES string of the molecule is CC1=C(C(=O)O)NCN1Cc1ccc2oc(-c3ccccc3-c3nnn(C(c4ccccc4)(c4ccccc4)c4ccccc4)n3)c(Br)c2c1. The van der Waals surface area contributed by atoms with Crippen LogP contribution in [0.4, 0.5) is 0 Å². The minimum atomic E-state index is -0.957. The number of hydrogen-bond acceptors (Lipinski definition) is 7. The van der Waals surface area contributed by atoms with Crippen LogP contribution in [0.1, 0.15) is 29.2 Å². The molecule has 1 aliphatic rings. The van der Waals surface area contributed by atoms with Gasteiger partial charge in [-0.2, -0.15) is 0 Å². The van der Waals surface area contributed by atoms with Crippen LogP contribution in [0, 0.1) is 0 Å². The van der Waals surface area contributed by atoms with Crippen molar-refractivity contribution in [3.63, 3.8) is 0 Å². The minimum absolute atomic E-state index is 0.230. The molecule has 9 nitrogen and oxygen atoms in total. The number of fused-ring (bicyclic) bond motifs is 1. The van der Waals surface area contributed by atoms with Crippen molar-refractivity contribution in [2.24, 2.45) is 0 Å². The van der Waals surface area contributed by atoms with Crippen molar-refractivity contribution in [3.8, 4) is 22.7 Å². The highest BCUT2D eigenvalue weighted by molar-refractivity contribution is 9.10. The van der Waals surface area contributed by atoms with E-state index in [-0.39, 0.29) is 5.70 Å². The molecule has 0 saturated heterocycles. The maximum Gasteiger partial charge on any atom is 0.353 e. The highest BCUT2D eigenvalue weighted by Crippen LogP contribution is 2.43. The van der Waals surface area contributed by atoms with Crippen LogP contribution in [0.15, 0.2) is 154 Å². The molecular formula is C40H31BrN6O3. The van der Waals surface area contributed by atoms with Gasteiger partial charge in [-0.15, -0.1) is 15.0 Å². The Morgan fingerprint density at radius 1 is 0.840 bits per heavy atom. The third-order valence-electron chi connectivity index (χ3n) is 9.26. The van der Waals surface area contributed by atoms with Crippen LogP contribution in [-0.4, -0.2) is 42.9 Å². The van der Waals surface area contributed by atoms with Gasteiger partial charge in [0, 0.05) is 28.8 Å². The normalized spacial score (nSPS) is 13.2. The Labute approximate surface area is 296 Å². The third kappa shape index (κ3) is 5.25. The smallest absolute Gasteiger partial charge is 0.353 e. The van der Waals surface area contributed by atoms with Crippen LogP contribution in [-0.2, 0) is 16.9 Å². The molecule has 5 aromatic carbocycles. The lowest BCUT2D eigenvalue weighted by Gasteiger charge is -2.34. The van der Waals surface area contributed by atoms with Crippen LogP contribution in [0.2, 0.25) is 0 Å². The molecule has 1 aliphatic heterocycles. The van der Waals surface area contributed by atoms with E-state index in [9.17, 15) is 9.90 Å². The highest BCUT2D eigenvalue weighted by atomic mass is 79.9. The van der Waals surface area contributed by atoms with Gasteiger partial charge in [-0.25, -0.2) is 4.79 Å². The number of allylic oxidation sites excluding steroid dienone is 1. The molecule has 0 spiro atoms. The van der Waals surface area contributed by atoms with Crippen molar-refractivity contribution in [2.75, 3.05) is 6.67 Å². The van der Waals surface area contributed by atoms with E-state index in [1.165, 1.54) is 0 Å². The van der Waals surface area contributed by atoms with Crippen LogP contribution < -0.4 is 5.32 Å². The standard InChI is InChI=1S/C40H31BrN6O3/c1-26-36(39(48)49)42-25-46(26)24-27-21-22-34-33(23-27)35(41)37(50-34)31-19-11-12-20-32(31)38-43-45-47(44-38)40(28-13-5-2-6-14-28,29-15-7-3-8-16-29)30-17-9-4-10-18-30/h2-23,42H,24-25H2,1H3,(H,48,49). The molecule has 0 amide bonds. The summed E-state index contributed by atoms with van der Waals surface area (Å²) >= 11 is 3.84. The molecule has 0 bridgehead atoms. The fraction of sp³-hybridized carbons (Fsp3) is 0.100. The topological polar surface area (TPSA) is 109 Å². The first-order chi connectivity index (χ1) is 24.4. The summed E-state index contributed by atoms with van der Waals surface area (Å²) in [4.78, 5) is 15.3. The fourth-order valence-electron chi connectivity index (χ4n) is 6.82. The molecule has 0 aliphatic carbocycles. The fourth-order valence-corrected chi connectivity index (χ4v) is 7.42. The number of nitrogens with one attached hydrogen (secondary N) is 1. The quantitative estimate of drug-likeness (QED) is 0.144. The summed E-state index contributed by atoms with van der Waals surface area (Å²) < 4.78 is 7.29. The van der Waals surface area contributed by atoms with Gasteiger partial charge >= 0.3 is 5.97 Å². The van der Waals surface area contributed by atoms with Crippen molar-refractivity contribution in [1.29, 1.82) is 0 Å². The lowest BCUT2D eigenvalue weighted by atomic mass is 9.77. The lowest BCUT2D eigenvalue weighted by molar-refractivity contribution is -0.133. The number of rotatable bonds is 9. The van der Waals surface area contributed by atoms with Gasteiger partial charge in [0.15, 0.2) is 5.54 Å². The molecule has 246 valence electrons. The molecule has 7 aromatic rings. The number of hydrogen-bond donors (Lipinski definition) is 2. The van der Waals surface area contributed by atoms with E-state index in [4.69, 9.17) is 14.7 Å². The number of tetrazole rings is 1. The first-order valence-corrected chi connectivity index (χ1v) is 16.9. The summed E-state index contributed by atoms with van der Waals surface area (Å²) in [5, 5.41) is 27.9. The summed E-state index contributed by atoms with van der Waals surface area (Å²) in [7, 11) is 0. The second-order valence-electron chi connectivity index (χ2n) is 12.1. The van der Waals surface area contributed by atoms with E-state index in [2.05, 4.69) is 68.8 Å². The Hall–Kier alpha value is -6.00. The second kappa shape index (κ2) is 12.8. The van der Waals surface area contributed by atoms with Gasteiger partial charge < -0.3 is 19.7 Å². The number of benzene rings is 5. The first-order valence-electron chi connectivity index (χ1n) is 16.2. The molecule has 50 heavy (non-hydrogen) atoms. The molecule has 0 fully saturated rings. The van der Waals surface area contributed by atoms with Crippen molar-refractivity contribution >= 4 is 32.9 Å². The van der Waals surface area contributed by atoms with E-state index in [1.807, 2.05) is 103 Å². The second-order valence-corrected chi connectivity index (χ2v) is 12.9. The lowest BCUT2D eigenvalue weighted by Crippen LogP contribution is -2.39. The molecule has 2 aromatic heterocycles. The van der Waals surface area contributed by atoms with E-state index >= 15 is 0 Å². The zero-order valence-electron chi connectivity index (χ0n) is 27.0. The van der Waals surface area contributed by atoms with Gasteiger partial charge in [0.1, 0.15) is 17.0 Å². The molecule has 0 saturated carbocycles. The average Bonchev–Trinajstić information content (AvgIpc) is 3.88. The Morgan fingerprint density at radius 3 is 2.00 bits per heavy atom. The van der Waals surface area contributed by atoms with E-state index < -0.39 is 11.5 Å². The van der Waals surface area contributed by atoms with Crippen LogP contribution in [0.5, 0.6) is 0 Å². The van der Waals surface area contributed by atoms with Crippen molar-refractivity contribution in [1.82, 2.24) is 30.4 Å². The summed E-state index contributed by atoms with van der Waals surface area (Å²) in [6.45, 7) is 2.80. The molecule has 3 heterocycles.